The number of benzene rings is 1. The number of furan rings is 1. The molecule has 2 aromatic rings. The standard InChI is InChI=1S/C16H13ClF3NO2/c1-3-6-21-15(22)11-8-14(23-9(11)2)12-7-10(16(18,19)20)4-5-13(12)17/h3-5,7-8H,1,6H2,2H3,(H,21,22). The summed E-state index contributed by atoms with van der Waals surface area (Å²) in [5.74, 6) is -0.0158. The summed E-state index contributed by atoms with van der Waals surface area (Å²) in [4.78, 5) is 11.9. The van der Waals surface area contributed by atoms with Crippen molar-refractivity contribution in [3.05, 3.63) is 58.8 Å². The van der Waals surface area contributed by atoms with Crippen molar-refractivity contribution < 1.29 is 22.4 Å². The molecule has 0 saturated carbocycles. The van der Waals surface area contributed by atoms with Gasteiger partial charge in [0.05, 0.1) is 16.1 Å². The Morgan fingerprint density at radius 1 is 1.39 bits per heavy atom. The van der Waals surface area contributed by atoms with Crippen molar-refractivity contribution in [1.82, 2.24) is 5.32 Å². The van der Waals surface area contributed by atoms with Gasteiger partial charge >= 0.3 is 6.18 Å². The molecule has 0 radical (unpaired) electrons. The molecular weight excluding hydrogens is 331 g/mol. The molecule has 0 aliphatic heterocycles. The fraction of sp³-hybridized carbons (Fsp3) is 0.188. The van der Waals surface area contributed by atoms with E-state index in [1.807, 2.05) is 0 Å². The van der Waals surface area contributed by atoms with Gasteiger partial charge in [0.15, 0.2) is 0 Å². The van der Waals surface area contributed by atoms with E-state index in [0.29, 0.717) is 0 Å². The summed E-state index contributed by atoms with van der Waals surface area (Å²) in [7, 11) is 0. The SMILES string of the molecule is C=CCNC(=O)c1cc(-c2cc(C(F)(F)F)ccc2Cl)oc1C. The van der Waals surface area contributed by atoms with E-state index in [9.17, 15) is 18.0 Å². The van der Waals surface area contributed by atoms with Gasteiger partial charge in [0.2, 0.25) is 0 Å². The van der Waals surface area contributed by atoms with Crippen LogP contribution in [0.15, 0.2) is 41.3 Å². The summed E-state index contributed by atoms with van der Waals surface area (Å²) < 4.78 is 43.9. The molecule has 122 valence electrons. The van der Waals surface area contributed by atoms with Crippen LogP contribution in [0.4, 0.5) is 13.2 Å². The molecule has 0 fully saturated rings. The topological polar surface area (TPSA) is 42.2 Å². The number of halogens is 4. The number of rotatable bonds is 4. The Hall–Kier alpha value is -2.21. The third kappa shape index (κ3) is 3.76. The molecule has 0 bridgehead atoms. The molecule has 0 spiro atoms. The van der Waals surface area contributed by atoms with Crippen LogP contribution in [0, 0.1) is 6.92 Å². The first kappa shape index (κ1) is 17.1. The fourth-order valence-electron chi connectivity index (χ4n) is 1.99. The van der Waals surface area contributed by atoms with Gasteiger partial charge < -0.3 is 9.73 Å². The van der Waals surface area contributed by atoms with E-state index in [1.54, 1.807) is 6.92 Å². The molecule has 7 heteroatoms. The lowest BCUT2D eigenvalue weighted by molar-refractivity contribution is -0.137. The van der Waals surface area contributed by atoms with Crippen molar-refractivity contribution in [2.24, 2.45) is 0 Å². The van der Waals surface area contributed by atoms with E-state index in [0.717, 1.165) is 18.2 Å². The zero-order valence-corrected chi connectivity index (χ0v) is 12.9. The predicted molar refractivity (Wildman–Crippen MR) is 81.4 cm³/mol. The maximum absolute atomic E-state index is 12.8. The molecule has 1 aromatic carbocycles. The van der Waals surface area contributed by atoms with E-state index in [-0.39, 0.29) is 34.2 Å². The van der Waals surface area contributed by atoms with E-state index in [4.69, 9.17) is 16.0 Å². The van der Waals surface area contributed by atoms with Crippen LogP contribution in [0.3, 0.4) is 0 Å². The van der Waals surface area contributed by atoms with E-state index in [1.165, 1.54) is 12.1 Å². The summed E-state index contributed by atoms with van der Waals surface area (Å²) in [5, 5.41) is 2.68. The quantitative estimate of drug-likeness (QED) is 0.807. The molecule has 1 N–H and O–H groups in total. The van der Waals surface area contributed by atoms with Crippen molar-refractivity contribution in [1.29, 1.82) is 0 Å². The number of amides is 1. The van der Waals surface area contributed by atoms with Gasteiger partial charge in [0.1, 0.15) is 11.5 Å². The van der Waals surface area contributed by atoms with Gasteiger partial charge in [-0.15, -0.1) is 6.58 Å². The molecule has 0 atom stereocenters. The van der Waals surface area contributed by atoms with Gasteiger partial charge in [0, 0.05) is 12.1 Å². The molecule has 1 heterocycles. The summed E-state index contributed by atoms with van der Waals surface area (Å²) in [6, 6.07) is 4.30. The van der Waals surface area contributed by atoms with Gasteiger partial charge in [-0.1, -0.05) is 17.7 Å². The van der Waals surface area contributed by atoms with Crippen molar-refractivity contribution >= 4 is 17.5 Å². The summed E-state index contributed by atoms with van der Waals surface area (Å²) in [6.07, 6.45) is -2.98. The second kappa shape index (κ2) is 6.50. The lowest BCUT2D eigenvalue weighted by Gasteiger charge is -2.09. The molecule has 0 saturated heterocycles. The lowest BCUT2D eigenvalue weighted by atomic mass is 10.1. The third-order valence-electron chi connectivity index (χ3n) is 3.13. The summed E-state index contributed by atoms with van der Waals surface area (Å²) in [6.45, 7) is 5.30. The Morgan fingerprint density at radius 3 is 2.70 bits per heavy atom. The van der Waals surface area contributed by atoms with E-state index in [2.05, 4.69) is 11.9 Å². The number of hydrogen-bond acceptors (Lipinski definition) is 2. The maximum Gasteiger partial charge on any atom is 0.416 e. The zero-order valence-electron chi connectivity index (χ0n) is 12.1. The number of aryl methyl sites for hydroxylation is 1. The number of alkyl halides is 3. The van der Waals surface area contributed by atoms with Crippen LogP contribution < -0.4 is 5.32 Å². The molecule has 1 aromatic heterocycles. The highest BCUT2D eigenvalue weighted by Crippen LogP contribution is 2.37. The number of nitrogens with one attached hydrogen (secondary N) is 1. The average Bonchev–Trinajstić information content (AvgIpc) is 2.85. The summed E-state index contributed by atoms with van der Waals surface area (Å²) in [5.41, 5.74) is -0.536. The average molecular weight is 344 g/mol. The monoisotopic (exact) mass is 343 g/mol. The van der Waals surface area contributed by atoms with Crippen LogP contribution in [0.25, 0.3) is 11.3 Å². The molecule has 0 unspecified atom stereocenters. The Bertz CT molecular complexity index is 750. The number of carbonyl (C=O) groups excluding carboxylic acids is 1. The van der Waals surface area contributed by atoms with Gasteiger partial charge in [-0.05, 0) is 31.2 Å². The van der Waals surface area contributed by atoms with Crippen LogP contribution in [0.1, 0.15) is 21.7 Å². The minimum absolute atomic E-state index is 0.0763. The largest absolute Gasteiger partial charge is 0.460 e. The van der Waals surface area contributed by atoms with Crippen molar-refractivity contribution in [2.75, 3.05) is 6.54 Å². The van der Waals surface area contributed by atoms with Gasteiger partial charge in [0.25, 0.3) is 5.91 Å². The predicted octanol–water partition coefficient (Wildman–Crippen LogP) is 4.84. The molecule has 0 aliphatic carbocycles. The van der Waals surface area contributed by atoms with Gasteiger partial charge in [-0.25, -0.2) is 0 Å². The molecular formula is C16H13ClF3NO2. The van der Waals surface area contributed by atoms with Gasteiger partial charge in [-0.3, -0.25) is 4.79 Å². The summed E-state index contributed by atoms with van der Waals surface area (Å²) >= 11 is 5.96. The minimum atomic E-state index is -4.49. The van der Waals surface area contributed by atoms with Crippen molar-refractivity contribution in [3.63, 3.8) is 0 Å². The highest BCUT2D eigenvalue weighted by atomic mass is 35.5. The molecule has 0 aliphatic rings. The van der Waals surface area contributed by atoms with Crippen LogP contribution in [0.5, 0.6) is 0 Å². The minimum Gasteiger partial charge on any atom is -0.460 e. The first-order valence-corrected chi connectivity index (χ1v) is 6.98. The maximum atomic E-state index is 12.8. The second-order valence-corrected chi connectivity index (χ2v) is 5.18. The molecule has 1 amide bonds. The Labute approximate surface area is 135 Å². The second-order valence-electron chi connectivity index (χ2n) is 4.77. The molecule has 2 rings (SSSR count). The van der Waals surface area contributed by atoms with Crippen LogP contribution >= 0.6 is 11.6 Å². The lowest BCUT2D eigenvalue weighted by Crippen LogP contribution is -2.23. The Morgan fingerprint density at radius 2 is 2.09 bits per heavy atom. The highest BCUT2D eigenvalue weighted by molar-refractivity contribution is 6.33. The van der Waals surface area contributed by atoms with Crippen molar-refractivity contribution in [3.8, 4) is 11.3 Å². The smallest absolute Gasteiger partial charge is 0.416 e. The molecule has 3 nitrogen and oxygen atoms in total. The van der Waals surface area contributed by atoms with E-state index >= 15 is 0 Å². The van der Waals surface area contributed by atoms with Gasteiger partial charge in [-0.2, -0.15) is 13.2 Å². The number of hydrogen-bond donors (Lipinski definition) is 1. The molecule has 23 heavy (non-hydrogen) atoms. The normalized spacial score (nSPS) is 11.3. The Kier molecular flexibility index (Phi) is 4.85. The van der Waals surface area contributed by atoms with Crippen LogP contribution in [-0.4, -0.2) is 12.5 Å². The van der Waals surface area contributed by atoms with Crippen LogP contribution in [0.2, 0.25) is 5.02 Å². The first-order valence-electron chi connectivity index (χ1n) is 6.60. The number of carbonyl (C=O) groups is 1. The van der Waals surface area contributed by atoms with Crippen molar-refractivity contribution in [2.45, 2.75) is 13.1 Å². The first-order chi connectivity index (χ1) is 10.7. The zero-order chi connectivity index (χ0) is 17.2. The van der Waals surface area contributed by atoms with E-state index < -0.39 is 17.6 Å². The third-order valence-corrected chi connectivity index (χ3v) is 3.46. The Balaban J connectivity index is 2.43. The fourth-order valence-corrected chi connectivity index (χ4v) is 2.20. The highest BCUT2D eigenvalue weighted by Gasteiger charge is 2.31. The van der Waals surface area contributed by atoms with Crippen LogP contribution in [-0.2, 0) is 6.18 Å².